The summed E-state index contributed by atoms with van der Waals surface area (Å²) in [7, 11) is 3.80. The molecule has 1 saturated heterocycles. The van der Waals surface area contributed by atoms with Crippen molar-refractivity contribution in [2.45, 2.75) is 18.0 Å². The Morgan fingerprint density at radius 1 is 1.25 bits per heavy atom. The van der Waals surface area contributed by atoms with Crippen LogP contribution in [0, 0.1) is 0 Å². The fraction of sp³-hybridized carbons (Fsp3) is 0.409. The highest BCUT2D eigenvalue weighted by Gasteiger charge is 2.50. The van der Waals surface area contributed by atoms with E-state index < -0.39 is 0 Å². The lowest BCUT2D eigenvalue weighted by Gasteiger charge is -2.54. The largest absolute Gasteiger partial charge is 0.497 e. The number of likely N-dealkylation sites (tertiary alicyclic amines) is 1. The number of fused-ring (bicyclic) bond motifs is 4. The zero-order valence-corrected chi connectivity index (χ0v) is 16.4. The van der Waals surface area contributed by atoms with Crippen LogP contribution in [-0.4, -0.2) is 52.9 Å². The Labute approximate surface area is 164 Å². The molecule has 2 aromatic heterocycles. The summed E-state index contributed by atoms with van der Waals surface area (Å²) in [5.74, 6) is 0.862. The molecule has 0 saturated carbocycles. The van der Waals surface area contributed by atoms with E-state index in [1.54, 1.807) is 7.11 Å². The monoisotopic (exact) mass is 378 g/mol. The Morgan fingerprint density at radius 3 is 2.75 bits per heavy atom. The predicted molar refractivity (Wildman–Crippen MR) is 108 cm³/mol. The number of ether oxygens (including phenoxy) is 1. The number of pyridine rings is 1. The number of hydrogen-bond donors (Lipinski definition) is 2. The van der Waals surface area contributed by atoms with Crippen LogP contribution in [0.5, 0.6) is 5.75 Å². The summed E-state index contributed by atoms with van der Waals surface area (Å²) in [6.45, 7) is 3.97. The molecule has 146 valence electrons. The first-order valence-corrected chi connectivity index (χ1v) is 9.77. The maximum Gasteiger partial charge on any atom is 0.120 e. The van der Waals surface area contributed by atoms with Crippen LogP contribution >= 0.6 is 0 Å². The Morgan fingerprint density at radius 2 is 2.04 bits per heavy atom. The Hall–Kier alpha value is -2.41. The van der Waals surface area contributed by atoms with E-state index >= 15 is 0 Å². The van der Waals surface area contributed by atoms with E-state index in [0.29, 0.717) is 0 Å². The average Bonchev–Trinajstić information content (AvgIpc) is 3.01. The average molecular weight is 378 g/mol. The number of nitrogens with zero attached hydrogens (tertiary/aromatic N) is 3. The third kappa shape index (κ3) is 2.56. The standard InChI is InChI=1S/C22H26N4O2/c1-25-19-9-16(28-2)3-4-17(19)20-21(25)18(11-27)24-12-22(20)13-26(14-22)10-15-5-7-23-8-6-15/h3-9,18,24,27H,10-14H2,1-2H3/t18-/m1/s1. The van der Waals surface area contributed by atoms with Gasteiger partial charge >= 0.3 is 0 Å². The molecule has 2 aliphatic heterocycles. The Balaban J connectivity index is 1.54. The number of rotatable bonds is 4. The van der Waals surface area contributed by atoms with Crippen molar-refractivity contribution in [1.82, 2.24) is 19.8 Å². The summed E-state index contributed by atoms with van der Waals surface area (Å²) in [6.07, 6.45) is 3.71. The molecule has 6 heteroatoms. The van der Waals surface area contributed by atoms with Gasteiger partial charge in [0.1, 0.15) is 5.75 Å². The summed E-state index contributed by atoms with van der Waals surface area (Å²) in [5.41, 5.74) is 5.16. The minimum Gasteiger partial charge on any atom is -0.497 e. The molecule has 0 unspecified atom stereocenters. The number of methoxy groups -OCH3 is 1. The van der Waals surface area contributed by atoms with Crippen molar-refractivity contribution >= 4 is 10.9 Å². The molecule has 1 spiro atoms. The van der Waals surface area contributed by atoms with Gasteiger partial charge in [-0.1, -0.05) is 0 Å². The zero-order chi connectivity index (χ0) is 19.3. The van der Waals surface area contributed by atoms with Crippen LogP contribution in [-0.2, 0) is 19.0 Å². The lowest BCUT2D eigenvalue weighted by atomic mass is 9.69. The van der Waals surface area contributed by atoms with E-state index in [0.717, 1.165) is 31.9 Å². The summed E-state index contributed by atoms with van der Waals surface area (Å²) < 4.78 is 7.68. The first kappa shape index (κ1) is 17.7. The number of aliphatic hydroxyl groups excluding tert-OH is 1. The number of benzene rings is 1. The molecule has 6 nitrogen and oxygen atoms in total. The van der Waals surface area contributed by atoms with Gasteiger partial charge in [0.05, 0.1) is 25.3 Å². The van der Waals surface area contributed by atoms with E-state index in [-0.39, 0.29) is 18.1 Å². The zero-order valence-electron chi connectivity index (χ0n) is 16.4. The second-order valence-electron chi connectivity index (χ2n) is 8.10. The Kier molecular flexibility index (Phi) is 4.16. The van der Waals surface area contributed by atoms with Crippen LogP contribution < -0.4 is 10.1 Å². The topological polar surface area (TPSA) is 62.6 Å². The van der Waals surface area contributed by atoms with Gasteiger partial charge in [0.25, 0.3) is 0 Å². The molecule has 0 aliphatic carbocycles. The van der Waals surface area contributed by atoms with Gasteiger partial charge in [0, 0.05) is 68.2 Å². The van der Waals surface area contributed by atoms with Crippen molar-refractivity contribution in [3.8, 4) is 5.75 Å². The molecule has 2 aliphatic rings. The van der Waals surface area contributed by atoms with Crippen molar-refractivity contribution in [2.75, 3.05) is 33.4 Å². The number of aromatic nitrogens is 2. The first-order valence-electron chi connectivity index (χ1n) is 9.77. The number of aliphatic hydroxyl groups is 1. The third-order valence-electron chi connectivity index (χ3n) is 6.39. The molecule has 1 aromatic carbocycles. The molecule has 0 radical (unpaired) electrons. The van der Waals surface area contributed by atoms with E-state index in [2.05, 4.69) is 51.1 Å². The molecule has 2 N–H and O–H groups in total. The van der Waals surface area contributed by atoms with E-state index in [1.165, 1.54) is 27.7 Å². The highest BCUT2D eigenvalue weighted by Crippen LogP contribution is 2.46. The minimum atomic E-state index is -0.0294. The van der Waals surface area contributed by atoms with E-state index in [9.17, 15) is 5.11 Å². The van der Waals surface area contributed by atoms with Gasteiger partial charge in [0.15, 0.2) is 0 Å². The highest BCUT2D eigenvalue weighted by atomic mass is 16.5. The van der Waals surface area contributed by atoms with Crippen molar-refractivity contribution in [2.24, 2.45) is 7.05 Å². The van der Waals surface area contributed by atoms with Crippen LogP contribution in [0.15, 0.2) is 42.7 Å². The summed E-state index contributed by atoms with van der Waals surface area (Å²) in [4.78, 5) is 6.60. The number of hydrogen-bond acceptors (Lipinski definition) is 5. The smallest absolute Gasteiger partial charge is 0.120 e. The van der Waals surface area contributed by atoms with Crippen molar-refractivity contribution < 1.29 is 9.84 Å². The molecular weight excluding hydrogens is 352 g/mol. The van der Waals surface area contributed by atoms with Gasteiger partial charge in [-0.3, -0.25) is 9.88 Å². The summed E-state index contributed by atoms with van der Waals surface area (Å²) in [6, 6.07) is 10.5. The van der Waals surface area contributed by atoms with E-state index in [1.807, 2.05) is 18.5 Å². The number of aryl methyl sites for hydroxylation is 1. The van der Waals surface area contributed by atoms with Crippen LogP contribution in [0.1, 0.15) is 22.9 Å². The molecule has 4 heterocycles. The summed E-state index contributed by atoms with van der Waals surface area (Å²) in [5, 5.41) is 14.9. The molecule has 0 amide bonds. The highest BCUT2D eigenvalue weighted by molar-refractivity contribution is 5.89. The minimum absolute atomic E-state index is 0.0294. The normalized spacial score (nSPS) is 20.9. The third-order valence-corrected chi connectivity index (χ3v) is 6.39. The van der Waals surface area contributed by atoms with Gasteiger partial charge in [0.2, 0.25) is 0 Å². The van der Waals surface area contributed by atoms with Gasteiger partial charge in [-0.25, -0.2) is 0 Å². The fourth-order valence-electron chi connectivity index (χ4n) is 5.12. The van der Waals surface area contributed by atoms with Crippen molar-refractivity contribution in [1.29, 1.82) is 0 Å². The van der Waals surface area contributed by atoms with Crippen LogP contribution in [0.4, 0.5) is 0 Å². The molecule has 1 atom stereocenters. The van der Waals surface area contributed by atoms with Gasteiger partial charge in [-0.2, -0.15) is 0 Å². The molecular formula is C22H26N4O2. The Bertz CT molecular complexity index is 1010. The first-order chi connectivity index (χ1) is 13.6. The van der Waals surface area contributed by atoms with Crippen molar-refractivity contribution in [3.05, 3.63) is 59.5 Å². The quantitative estimate of drug-likeness (QED) is 0.727. The lowest BCUT2D eigenvalue weighted by Crippen LogP contribution is -2.65. The van der Waals surface area contributed by atoms with Crippen LogP contribution in [0.2, 0.25) is 0 Å². The maximum atomic E-state index is 9.98. The second-order valence-corrected chi connectivity index (χ2v) is 8.10. The fourth-order valence-corrected chi connectivity index (χ4v) is 5.12. The predicted octanol–water partition coefficient (Wildman–Crippen LogP) is 1.97. The van der Waals surface area contributed by atoms with Gasteiger partial charge < -0.3 is 19.7 Å². The molecule has 3 aromatic rings. The number of nitrogens with one attached hydrogen (secondary N) is 1. The van der Waals surface area contributed by atoms with Crippen molar-refractivity contribution in [3.63, 3.8) is 0 Å². The van der Waals surface area contributed by atoms with E-state index in [4.69, 9.17) is 4.74 Å². The van der Waals surface area contributed by atoms with Gasteiger partial charge in [-0.05, 0) is 35.4 Å². The van der Waals surface area contributed by atoms with Gasteiger partial charge in [-0.15, -0.1) is 0 Å². The van der Waals surface area contributed by atoms with Crippen LogP contribution in [0.25, 0.3) is 10.9 Å². The van der Waals surface area contributed by atoms with Crippen LogP contribution in [0.3, 0.4) is 0 Å². The second kappa shape index (κ2) is 6.58. The molecule has 5 rings (SSSR count). The molecule has 0 bridgehead atoms. The molecule has 28 heavy (non-hydrogen) atoms. The summed E-state index contributed by atoms with van der Waals surface area (Å²) >= 11 is 0. The lowest BCUT2D eigenvalue weighted by molar-refractivity contribution is 0.0443. The maximum absolute atomic E-state index is 9.98. The molecule has 1 fully saturated rings. The SMILES string of the molecule is COc1ccc2c3c(n(C)c2c1)[C@@H](CO)NCC31CN(Cc2ccncc2)C1.